The monoisotopic (exact) mass is 219 g/mol. The van der Waals surface area contributed by atoms with Crippen LogP contribution in [0.15, 0.2) is 0 Å². The van der Waals surface area contributed by atoms with Gasteiger partial charge in [-0.3, -0.25) is 4.57 Å². The van der Waals surface area contributed by atoms with E-state index in [1.807, 2.05) is 13.0 Å². The molecule has 0 saturated carbocycles. The Hall–Kier alpha value is -0.360. The number of nitrogens with zero attached hydrogens (tertiary/aromatic N) is 1. The maximum Gasteiger partial charge on any atom is 0.229 e. The quantitative estimate of drug-likeness (QED) is 0.669. The first kappa shape index (κ1) is 13.6. The van der Waals surface area contributed by atoms with Gasteiger partial charge in [-0.2, -0.15) is 5.26 Å². The molecule has 4 nitrogen and oxygen atoms in total. The zero-order chi connectivity index (χ0) is 11.2. The van der Waals surface area contributed by atoms with Gasteiger partial charge in [0.25, 0.3) is 0 Å². The molecular weight excluding hydrogens is 201 g/mol. The van der Waals surface area contributed by atoms with Crippen molar-refractivity contribution in [2.45, 2.75) is 39.0 Å². The van der Waals surface area contributed by atoms with Crippen molar-refractivity contribution in [2.75, 3.05) is 6.16 Å². The van der Waals surface area contributed by atoms with Crippen LogP contribution in [0.3, 0.4) is 0 Å². The van der Waals surface area contributed by atoms with E-state index < -0.39 is 19.1 Å². The number of rotatable bonds is 6. The minimum absolute atomic E-state index is 0.0961. The SMILES string of the molecule is CCCC(O)P(=O)(O)CC(C#N)CC. The predicted molar refractivity (Wildman–Crippen MR) is 55.0 cm³/mol. The second kappa shape index (κ2) is 6.19. The van der Waals surface area contributed by atoms with E-state index in [1.165, 1.54) is 0 Å². The van der Waals surface area contributed by atoms with Crippen LogP contribution in [0.1, 0.15) is 33.1 Å². The van der Waals surface area contributed by atoms with Crippen molar-refractivity contribution < 1.29 is 14.6 Å². The van der Waals surface area contributed by atoms with Crippen LogP contribution in [-0.2, 0) is 4.57 Å². The van der Waals surface area contributed by atoms with Crippen LogP contribution in [0.4, 0.5) is 0 Å². The van der Waals surface area contributed by atoms with Crippen molar-refractivity contribution in [3.63, 3.8) is 0 Å². The molecule has 3 unspecified atom stereocenters. The molecule has 0 radical (unpaired) electrons. The van der Waals surface area contributed by atoms with Crippen LogP contribution in [0.25, 0.3) is 0 Å². The molecule has 14 heavy (non-hydrogen) atoms. The predicted octanol–water partition coefficient (Wildman–Crippen LogP) is 1.93. The molecule has 0 spiro atoms. The summed E-state index contributed by atoms with van der Waals surface area (Å²) < 4.78 is 11.6. The first-order valence-electron chi connectivity index (χ1n) is 4.87. The Morgan fingerprint density at radius 3 is 2.43 bits per heavy atom. The Labute approximate surface area is 85.0 Å². The van der Waals surface area contributed by atoms with Gasteiger partial charge in [0.2, 0.25) is 7.37 Å². The highest BCUT2D eigenvalue weighted by Gasteiger charge is 2.30. The highest BCUT2D eigenvalue weighted by Crippen LogP contribution is 2.48. The fourth-order valence-electron chi connectivity index (χ4n) is 1.16. The lowest BCUT2D eigenvalue weighted by Gasteiger charge is -2.19. The van der Waals surface area contributed by atoms with Crippen LogP contribution < -0.4 is 0 Å². The molecule has 0 bridgehead atoms. The molecule has 2 N–H and O–H groups in total. The maximum atomic E-state index is 11.6. The first-order valence-corrected chi connectivity index (χ1v) is 6.78. The van der Waals surface area contributed by atoms with Crippen LogP contribution in [0.5, 0.6) is 0 Å². The standard InChI is InChI=1S/C9H18NO3P/c1-3-5-9(11)14(12,13)7-8(4-2)6-10/h8-9,11H,3-5,7H2,1-2H3,(H,12,13). The molecule has 0 aliphatic rings. The van der Waals surface area contributed by atoms with E-state index in [9.17, 15) is 14.6 Å². The van der Waals surface area contributed by atoms with E-state index in [0.717, 1.165) is 0 Å². The van der Waals surface area contributed by atoms with Gasteiger partial charge in [-0.05, 0) is 12.8 Å². The highest BCUT2D eigenvalue weighted by atomic mass is 31.2. The van der Waals surface area contributed by atoms with Crippen LogP contribution in [-0.4, -0.2) is 22.0 Å². The summed E-state index contributed by atoms with van der Waals surface area (Å²) in [4.78, 5) is 9.50. The minimum Gasteiger partial charge on any atom is -0.383 e. The fourth-order valence-corrected chi connectivity index (χ4v) is 3.03. The summed E-state index contributed by atoms with van der Waals surface area (Å²) in [7, 11) is -3.56. The summed E-state index contributed by atoms with van der Waals surface area (Å²) in [6.07, 6.45) is 1.42. The van der Waals surface area contributed by atoms with Gasteiger partial charge in [-0.15, -0.1) is 0 Å². The topological polar surface area (TPSA) is 81.3 Å². The summed E-state index contributed by atoms with van der Waals surface area (Å²) in [6.45, 7) is 3.63. The zero-order valence-corrected chi connectivity index (χ0v) is 9.57. The largest absolute Gasteiger partial charge is 0.383 e. The summed E-state index contributed by atoms with van der Waals surface area (Å²) in [5, 5.41) is 18.0. The van der Waals surface area contributed by atoms with Crippen molar-refractivity contribution in [1.82, 2.24) is 0 Å². The Balaban J connectivity index is 4.33. The normalized spacial score (nSPS) is 19.4. The van der Waals surface area contributed by atoms with Gasteiger partial charge in [-0.25, -0.2) is 0 Å². The second-order valence-corrected chi connectivity index (χ2v) is 5.91. The molecule has 0 amide bonds. The second-order valence-electron chi connectivity index (χ2n) is 3.44. The molecule has 0 aromatic carbocycles. The van der Waals surface area contributed by atoms with Gasteiger partial charge in [-0.1, -0.05) is 20.3 Å². The van der Waals surface area contributed by atoms with Gasteiger partial charge >= 0.3 is 0 Å². The van der Waals surface area contributed by atoms with Crippen LogP contribution >= 0.6 is 7.37 Å². The maximum absolute atomic E-state index is 11.6. The molecule has 0 aliphatic carbocycles. The molecule has 0 saturated heterocycles. The molecule has 5 heteroatoms. The third-order valence-electron chi connectivity index (χ3n) is 2.17. The molecule has 82 valence electrons. The Morgan fingerprint density at radius 1 is 1.50 bits per heavy atom. The zero-order valence-electron chi connectivity index (χ0n) is 8.68. The average Bonchev–Trinajstić information content (AvgIpc) is 2.14. The van der Waals surface area contributed by atoms with Crippen molar-refractivity contribution >= 4 is 7.37 Å². The first-order chi connectivity index (χ1) is 6.47. The number of hydrogen-bond donors (Lipinski definition) is 2. The van der Waals surface area contributed by atoms with Gasteiger partial charge in [0.15, 0.2) is 0 Å². The Kier molecular flexibility index (Phi) is 6.03. The van der Waals surface area contributed by atoms with Crippen molar-refractivity contribution in [3.8, 4) is 6.07 Å². The molecule has 0 rings (SSSR count). The summed E-state index contributed by atoms with van der Waals surface area (Å²) >= 11 is 0. The van der Waals surface area contributed by atoms with E-state index in [1.54, 1.807) is 6.92 Å². The van der Waals surface area contributed by atoms with Crippen LogP contribution in [0, 0.1) is 17.2 Å². The van der Waals surface area contributed by atoms with E-state index in [0.29, 0.717) is 19.3 Å². The number of aliphatic hydroxyl groups is 1. The molecule has 0 fully saturated rings. The van der Waals surface area contributed by atoms with Crippen molar-refractivity contribution in [3.05, 3.63) is 0 Å². The summed E-state index contributed by atoms with van der Waals surface area (Å²) in [5.41, 5.74) is 0. The summed E-state index contributed by atoms with van der Waals surface area (Å²) in [5.74, 6) is -1.60. The number of aliphatic hydroxyl groups excluding tert-OH is 1. The van der Waals surface area contributed by atoms with Gasteiger partial charge in [0.05, 0.1) is 12.0 Å². The summed E-state index contributed by atoms with van der Waals surface area (Å²) in [6, 6.07) is 1.96. The number of nitriles is 1. The van der Waals surface area contributed by atoms with E-state index in [2.05, 4.69) is 0 Å². The lowest BCUT2D eigenvalue weighted by Crippen LogP contribution is -2.14. The van der Waals surface area contributed by atoms with Gasteiger partial charge in [0.1, 0.15) is 5.85 Å². The van der Waals surface area contributed by atoms with Crippen molar-refractivity contribution in [1.29, 1.82) is 5.26 Å². The van der Waals surface area contributed by atoms with E-state index >= 15 is 0 Å². The molecule has 3 atom stereocenters. The molecular formula is C9H18NO3P. The van der Waals surface area contributed by atoms with E-state index in [4.69, 9.17) is 5.26 Å². The molecule has 0 aromatic heterocycles. The fraction of sp³-hybridized carbons (Fsp3) is 0.889. The van der Waals surface area contributed by atoms with Crippen LogP contribution in [0.2, 0.25) is 0 Å². The lowest BCUT2D eigenvalue weighted by molar-refractivity contribution is 0.218. The third kappa shape index (κ3) is 4.23. The van der Waals surface area contributed by atoms with Gasteiger partial charge in [0, 0.05) is 6.16 Å². The van der Waals surface area contributed by atoms with E-state index in [-0.39, 0.29) is 6.16 Å². The Morgan fingerprint density at radius 2 is 2.07 bits per heavy atom. The average molecular weight is 219 g/mol. The van der Waals surface area contributed by atoms with Crippen molar-refractivity contribution in [2.24, 2.45) is 5.92 Å². The third-order valence-corrected chi connectivity index (χ3v) is 4.32. The molecule has 0 heterocycles. The molecule has 0 aliphatic heterocycles. The Bertz CT molecular complexity index is 249. The highest BCUT2D eigenvalue weighted by molar-refractivity contribution is 7.58. The number of hydrogen-bond acceptors (Lipinski definition) is 3. The molecule has 0 aromatic rings. The smallest absolute Gasteiger partial charge is 0.229 e. The van der Waals surface area contributed by atoms with Gasteiger partial charge < -0.3 is 10.00 Å². The lowest BCUT2D eigenvalue weighted by atomic mass is 10.1. The minimum atomic E-state index is -3.56.